The standard InChI is InChI=1S/C17H18N2O5S/c1-2-9-18(11-16(21)22)15(20)10-19-13-7-3-5-12-6-4-8-14(17(12)13)25(19,23)24/h3-8H,2,9-11H2,1H3,(H,21,22). The van der Waals surface area contributed by atoms with Crippen LogP contribution in [-0.2, 0) is 19.6 Å². The number of aliphatic carboxylic acids is 1. The fraction of sp³-hybridized carbons (Fsp3) is 0.294. The van der Waals surface area contributed by atoms with Crippen molar-refractivity contribution in [1.82, 2.24) is 4.90 Å². The molecule has 2 aromatic carbocycles. The van der Waals surface area contributed by atoms with E-state index in [-0.39, 0.29) is 11.4 Å². The molecule has 0 aromatic heterocycles. The molecule has 3 rings (SSSR count). The summed E-state index contributed by atoms with van der Waals surface area (Å²) >= 11 is 0. The maximum absolute atomic E-state index is 12.8. The molecule has 0 fully saturated rings. The summed E-state index contributed by atoms with van der Waals surface area (Å²) < 4.78 is 26.8. The molecule has 0 atom stereocenters. The molecule has 0 saturated carbocycles. The Morgan fingerprint density at radius 1 is 1.16 bits per heavy atom. The monoisotopic (exact) mass is 362 g/mol. The first-order valence-corrected chi connectivity index (χ1v) is 9.34. The van der Waals surface area contributed by atoms with Crippen LogP contribution in [0.15, 0.2) is 41.3 Å². The van der Waals surface area contributed by atoms with Gasteiger partial charge in [-0.3, -0.25) is 13.9 Å². The second-order valence-electron chi connectivity index (χ2n) is 5.85. The van der Waals surface area contributed by atoms with Gasteiger partial charge in [0, 0.05) is 11.9 Å². The molecule has 0 spiro atoms. The molecule has 0 aliphatic carbocycles. The van der Waals surface area contributed by atoms with Crippen molar-refractivity contribution in [3.05, 3.63) is 36.4 Å². The summed E-state index contributed by atoms with van der Waals surface area (Å²) in [4.78, 5) is 24.8. The van der Waals surface area contributed by atoms with Gasteiger partial charge in [0.05, 0.1) is 10.6 Å². The van der Waals surface area contributed by atoms with Gasteiger partial charge in [0.25, 0.3) is 10.0 Å². The van der Waals surface area contributed by atoms with Crippen molar-refractivity contribution in [2.24, 2.45) is 0 Å². The van der Waals surface area contributed by atoms with Gasteiger partial charge in [0.2, 0.25) is 5.91 Å². The van der Waals surface area contributed by atoms with E-state index >= 15 is 0 Å². The van der Waals surface area contributed by atoms with E-state index in [9.17, 15) is 18.0 Å². The van der Waals surface area contributed by atoms with Gasteiger partial charge >= 0.3 is 5.97 Å². The normalized spacial score (nSPS) is 14.7. The third-order valence-electron chi connectivity index (χ3n) is 4.13. The summed E-state index contributed by atoms with van der Waals surface area (Å²) in [5.41, 5.74) is 0.452. The van der Waals surface area contributed by atoms with Crippen molar-refractivity contribution in [3.8, 4) is 0 Å². The molecule has 8 heteroatoms. The predicted molar refractivity (Wildman–Crippen MR) is 93.0 cm³/mol. The molecule has 25 heavy (non-hydrogen) atoms. The van der Waals surface area contributed by atoms with E-state index in [0.717, 1.165) is 9.69 Å². The number of carboxylic acids is 1. The van der Waals surface area contributed by atoms with Crippen LogP contribution >= 0.6 is 0 Å². The highest BCUT2D eigenvalue weighted by molar-refractivity contribution is 7.93. The fourth-order valence-electron chi connectivity index (χ4n) is 3.08. The van der Waals surface area contributed by atoms with Crippen LogP contribution in [0.3, 0.4) is 0 Å². The lowest BCUT2D eigenvalue weighted by atomic mass is 10.1. The van der Waals surface area contributed by atoms with Gasteiger partial charge < -0.3 is 10.0 Å². The number of carboxylic acid groups (broad SMARTS) is 1. The first-order chi connectivity index (χ1) is 11.9. The Balaban J connectivity index is 1.97. The van der Waals surface area contributed by atoms with E-state index in [1.165, 1.54) is 11.0 Å². The van der Waals surface area contributed by atoms with Crippen LogP contribution in [0.5, 0.6) is 0 Å². The van der Waals surface area contributed by atoms with Crippen LogP contribution < -0.4 is 4.31 Å². The minimum absolute atomic E-state index is 0.175. The van der Waals surface area contributed by atoms with E-state index in [2.05, 4.69) is 0 Å². The summed E-state index contributed by atoms with van der Waals surface area (Å²) in [7, 11) is -3.83. The summed E-state index contributed by atoms with van der Waals surface area (Å²) in [6, 6.07) is 10.2. The largest absolute Gasteiger partial charge is 0.480 e. The van der Waals surface area contributed by atoms with Gasteiger partial charge in [-0.05, 0) is 23.9 Å². The van der Waals surface area contributed by atoms with E-state index in [1.54, 1.807) is 18.2 Å². The zero-order valence-corrected chi connectivity index (χ0v) is 14.5. The Kier molecular flexibility index (Phi) is 4.38. The van der Waals surface area contributed by atoms with Gasteiger partial charge in [-0.25, -0.2) is 8.42 Å². The molecule has 0 bridgehead atoms. The third-order valence-corrected chi connectivity index (χ3v) is 5.93. The molecule has 0 saturated heterocycles. The van der Waals surface area contributed by atoms with Crippen molar-refractivity contribution in [1.29, 1.82) is 0 Å². The zero-order valence-electron chi connectivity index (χ0n) is 13.7. The lowest BCUT2D eigenvalue weighted by Crippen LogP contribution is -2.44. The Hall–Kier alpha value is -2.61. The van der Waals surface area contributed by atoms with E-state index in [4.69, 9.17) is 5.11 Å². The topological polar surface area (TPSA) is 95.0 Å². The molecule has 0 radical (unpaired) electrons. The number of sulfonamides is 1. The first-order valence-electron chi connectivity index (χ1n) is 7.90. The molecular weight excluding hydrogens is 344 g/mol. The lowest BCUT2D eigenvalue weighted by Gasteiger charge is -2.24. The molecule has 1 heterocycles. The van der Waals surface area contributed by atoms with Crippen molar-refractivity contribution in [3.63, 3.8) is 0 Å². The molecule has 1 amide bonds. The number of hydrogen-bond acceptors (Lipinski definition) is 4. The number of carbonyl (C=O) groups is 2. The van der Waals surface area contributed by atoms with Gasteiger partial charge in [0.15, 0.2) is 0 Å². The lowest BCUT2D eigenvalue weighted by molar-refractivity contribution is -0.143. The Morgan fingerprint density at radius 3 is 2.48 bits per heavy atom. The number of rotatable bonds is 6. The summed E-state index contributed by atoms with van der Waals surface area (Å²) in [5, 5.41) is 10.3. The molecule has 1 N–H and O–H groups in total. The van der Waals surface area contributed by atoms with Crippen LogP contribution in [0.25, 0.3) is 10.8 Å². The van der Waals surface area contributed by atoms with E-state index < -0.39 is 35.0 Å². The number of carbonyl (C=O) groups excluding carboxylic acids is 1. The molecule has 1 aliphatic rings. The summed E-state index contributed by atoms with van der Waals surface area (Å²) in [5.74, 6) is -1.66. The highest BCUT2D eigenvalue weighted by Gasteiger charge is 2.37. The second-order valence-corrected chi connectivity index (χ2v) is 7.68. The molecular formula is C17H18N2O5S. The van der Waals surface area contributed by atoms with Crippen molar-refractivity contribution in [2.75, 3.05) is 23.9 Å². The molecule has 2 aromatic rings. The summed E-state index contributed by atoms with van der Waals surface area (Å²) in [6.45, 7) is 1.22. The predicted octanol–water partition coefficient (Wildman–Crippen LogP) is 1.67. The average Bonchev–Trinajstić information content (AvgIpc) is 2.78. The van der Waals surface area contributed by atoms with Crippen molar-refractivity contribution >= 4 is 38.4 Å². The van der Waals surface area contributed by atoms with Crippen molar-refractivity contribution in [2.45, 2.75) is 18.2 Å². The van der Waals surface area contributed by atoms with Gasteiger partial charge in [-0.15, -0.1) is 0 Å². The smallest absolute Gasteiger partial charge is 0.323 e. The molecule has 0 unspecified atom stereocenters. The number of amides is 1. The van der Waals surface area contributed by atoms with Crippen LogP contribution in [-0.4, -0.2) is 49.9 Å². The molecule has 7 nitrogen and oxygen atoms in total. The number of hydrogen-bond donors (Lipinski definition) is 1. The van der Waals surface area contributed by atoms with Crippen LogP contribution in [0.2, 0.25) is 0 Å². The van der Waals surface area contributed by atoms with Gasteiger partial charge in [0.1, 0.15) is 13.1 Å². The minimum Gasteiger partial charge on any atom is -0.480 e. The maximum Gasteiger partial charge on any atom is 0.323 e. The highest BCUT2D eigenvalue weighted by Crippen LogP contribution is 2.41. The Labute approximate surface area is 145 Å². The summed E-state index contributed by atoms with van der Waals surface area (Å²) in [6.07, 6.45) is 0.585. The SMILES string of the molecule is CCCN(CC(=O)O)C(=O)CN1c2cccc3cccc(c23)S1(=O)=O. The molecule has 132 valence electrons. The second kappa shape index (κ2) is 6.36. The average molecular weight is 362 g/mol. The van der Waals surface area contributed by atoms with Gasteiger partial charge in [-0.2, -0.15) is 0 Å². The number of anilines is 1. The van der Waals surface area contributed by atoms with Crippen LogP contribution in [0, 0.1) is 0 Å². The van der Waals surface area contributed by atoms with Crippen LogP contribution in [0.1, 0.15) is 13.3 Å². The first kappa shape index (κ1) is 17.2. The maximum atomic E-state index is 12.8. The van der Waals surface area contributed by atoms with Crippen LogP contribution in [0.4, 0.5) is 5.69 Å². The minimum atomic E-state index is -3.83. The Morgan fingerprint density at radius 2 is 1.84 bits per heavy atom. The highest BCUT2D eigenvalue weighted by atomic mass is 32.2. The Bertz CT molecular complexity index is 949. The quantitative estimate of drug-likeness (QED) is 0.843. The number of nitrogens with zero attached hydrogens (tertiary/aromatic N) is 2. The van der Waals surface area contributed by atoms with E-state index in [1.807, 2.05) is 19.1 Å². The van der Waals surface area contributed by atoms with Gasteiger partial charge in [-0.1, -0.05) is 31.2 Å². The number of benzene rings is 2. The van der Waals surface area contributed by atoms with Crippen molar-refractivity contribution < 1.29 is 23.1 Å². The zero-order chi connectivity index (χ0) is 18.2. The van der Waals surface area contributed by atoms with E-state index in [0.29, 0.717) is 17.5 Å². The fourth-order valence-corrected chi connectivity index (χ4v) is 4.74. The molecule has 1 aliphatic heterocycles. The third kappa shape index (κ3) is 2.93.